The van der Waals surface area contributed by atoms with Crippen LogP contribution in [0.25, 0.3) is 0 Å². The van der Waals surface area contributed by atoms with Crippen LogP contribution in [0.4, 0.5) is 5.69 Å². The molecule has 3 fully saturated rings. The maximum atomic E-state index is 13.8. The third-order valence-electron chi connectivity index (χ3n) is 9.36. The van der Waals surface area contributed by atoms with Gasteiger partial charge < -0.3 is 9.80 Å². The van der Waals surface area contributed by atoms with Gasteiger partial charge in [-0.1, -0.05) is 35.4 Å². The smallest absolute Gasteiger partial charge is 0.240 e. The highest BCUT2D eigenvalue weighted by Gasteiger charge is 2.41. The number of fused-ring (bicyclic) bond motifs is 2. The van der Waals surface area contributed by atoms with E-state index >= 15 is 0 Å². The molecule has 5 rings (SSSR count). The van der Waals surface area contributed by atoms with Crippen molar-refractivity contribution in [3.05, 3.63) is 58.6 Å². The highest BCUT2D eigenvalue weighted by Crippen LogP contribution is 2.36. The first-order chi connectivity index (χ1) is 20.0. The summed E-state index contributed by atoms with van der Waals surface area (Å²) in [5, 5.41) is 0.643. The Morgan fingerprint density at radius 3 is 2.21 bits per heavy atom. The second-order valence-electron chi connectivity index (χ2n) is 12.3. The largest absolute Gasteiger partial charge is 0.343 e. The summed E-state index contributed by atoms with van der Waals surface area (Å²) >= 11 is 6.47. The number of aryl methyl sites for hydroxylation is 2. The number of carbonyl (C=O) groups excluding carboxylic acids is 2. The van der Waals surface area contributed by atoms with Crippen LogP contribution in [-0.2, 0) is 19.6 Å². The molecule has 2 aromatic carbocycles. The van der Waals surface area contributed by atoms with Gasteiger partial charge in [0.1, 0.15) is 0 Å². The molecule has 2 aromatic rings. The number of hydrogen-bond donors (Lipinski definition) is 1. The minimum Gasteiger partial charge on any atom is -0.343 e. The molecule has 8 nitrogen and oxygen atoms in total. The molecule has 0 aliphatic carbocycles. The second-order valence-corrected chi connectivity index (χ2v) is 14.4. The van der Waals surface area contributed by atoms with Gasteiger partial charge in [0.2, 0.25) is 21.8 Å². The van der Waals surface area contributed by atoms with Crippen molar-refractivity contribution in [3.63, 3.8) is 0 Å². The van der Waals surface area contributed by atoms with E-state index in [1.807, 2.05) is 54.0 Å². The van der Waals surface area contributed by atoms with Gasteiger partial charge in [0.05, 0.1) is 4.90 Å². The van der Waals surface area contributed by atoms with E-state index in [9.17, 15) is 18.0 Å². The molecule has 0 spiro atoms. The number of benzene rings is 2. The van der Waals surface area contributed by atoms with Gasteiger partial charge in [-0.15, -0.1) is 0 Å². The number of rotatable bonds is 9. The molecule has 10 heteroatoms. The Labute approximate surface area is 255 Å². The first kappa shape index (κ1) is 31.0. The number of piperidine rings is 2. The molecule has 0 aromatic heterocycles. The molecule has 42 heavy (non-hydrogen) atoms. The standard InChI is InChI=1S/C32H43ClN4O4S/c1-22-5-11-30(12-6-22)42(40,41)34-26-19-27-9-10-28(20-26)36(27)15-4-16-37(29-8-7-23(2)31(33)21-29)32(39)25-13-17-35(18-14-25)24(3)38/h5-8,11-12,21,25-28,34H,4,9-10,13-20H2,1-3H3. The summed E-state index contributed by atoms with van der Waals surface area (Å²) < 4.78 is 29.0. The fraction of sp³-hybridized carbons (Fsp3) is 0.562. The third kappa shape index (κ3) is 7.01. The van der Waals surface area contributed by atoms with Crippen LogP contribution in [0.3, 0.4) is 0 Å². The molecule has 2 bridgehead atoms. The van der Waals surface area contributed by atoms with Gasteiger partial charge in [-0.2, -0.15) is 0 Å². The Kier molecular flexibility index (Phi) is 9.62. The summed E-state index contributed by atoms with van der Waals surface area (Å²) in [7, 11) is -3.55. The molecule has 0 radical (unpaired) electrons. The maximum Gasteiger partial charge on any atom is 0.240 e. The number of amides is 2. The Bertz CT molecular complexity index is 1380. The number of carbonyl (C=O) groups is 2. The van der Waals surface area contributed by atoms with Gasteiger partial charge in [-0.05, 0) is 88.6 Å². The van der Waals surface area contributed by atoms with E-state index in [2.05, 4.69) is 9.62 Å². The van der Waals surface area contributed by atoms with Crippen LogP contribution in [0.1, 0.15) is 63.0 Å². The number of likely N-dealkylation sites (tertiary alicyclic amines) is 1. The van der Waals surface area contributed by atoms with E-state index in [0.29, 0.717) is 54.5 Å². The lowest BCUT2D eigenvalue weighted by Gasteiger charge is -2.39. The van der Waals surface area contributed by atoms with Crippen molar-refractivity contribution in [2.75, 3.05) is 31.1 Å². The third-order valence-corrected chi connectivity index (χ3v) is 11.3. The predicted molar refractivity (Wildman–Crippen MR) is 166 cm³/mol. The maximum absolute atomic E-state index is 13.8. The summed E-state index contributed by atoms with van der Waals surface area (Å²) in [5.41, 5.74) is 2.82. The zero-order chi connectivity index (χ0) is 30.0. The molecular weight excluding hydrogens is 572 g/mol. The zero-order valence-corrected chi connectivity index (χ0v) is 26.5. The van der Waals surface area contributed by atoms with Crippen LogP contribution >= 0.6 is 11.6 Å². The molecule has 3 heterocycles. The van der Waals surface area contributed by atoms with Crippen LogP contribution < -0.4 is 9.62 Å². The van der Waals surface area contributed by atoms with Crippen molar-refractivity contribution >= 4 is 39.1 Å². The normalized spacial score (nSPS) is 23.2. The first-order valence-electron chi connectivity index (χ1n) is 15.2. The van der Waals surface area contributed by atoms with Crippen molar-refractivity contribution in [2.45, 2.75) is 88.7 Å². The summed E-state index contributed by atoms with van der Waals surface area (Å²) in [6, 6.07) is 13.4. The summed E-state index contributed by atoms with van der Waals surface area (Å²) in [5.74, 6) is 0.0453. The number of hydrogen-bond acceptors (Lipinski definition) is 5. The van der Waals surface area contributed by atoms with Crippen LogP contribution in [0.5, 0.6) is 0 Å². The van der Waals surface area contributed by atoms with E-state index in [4.69, 9.17) is 11.6 Å². The van der Waals surface area contributed by atoms with Crippen molar-refractivity contribution in [1.82, 2.24) is 14.5 Å². The molecule has 2 amide bonds. The fourth-order valence-electron chi connectivity index (χ4n) is 6.93. The molecule has 3 saturated heterocycles. The topological polar surface area (TPSA) is 90.0 Å². The molecule has 2 unspecified atom stereocenters. The van der Waals surface area contributed by atoms with Gasteiger partial charge in [-0.3, -0.25) is 14.5 Å². The molecule has 2 atom stereocenters. The number of nitrogens with zero attached hydrogens (tertiary/aromatic N) is 3. The minimum absolute atomic E-state index is 0.0596. The summed E-state index contributed by atoms with van der Waals surface area (Å²) in [6.45, 7) is 8.15. The molecule has 0 saturated carbocycles. The fourth-order valence-corrected chi connectivity index (χ4v) is 8.37. The Morgan fingerprint density at radius 2 is 1.62 bits per heavy atom. The summed E-state index contributed by atoms with van der Waals surface area (Å²) in [6.07, 6.45) is 5.89. The van der Waals surface area contributed by atoms with Crippen LogP contribution in [-0.4, -0.2) is 74.3 Å². The van der Waals surface area contributed by atoms with E-state index < -0.39 is 10.0 Å². The van der Waals surface area contributed by atoms with Crippen molar-refractivity contribution in [3.8, 4) is 0 Å². The number of halogens is 1. The quantitative estimate of drug-likeness (QED) is 0.433. The van der Waals surface area contributed by atoms with Crippen molar-refractivity contribution < 1.29 is 18.0 Å². The second kappa shape index (κ2) is 13.0. The van der Waals surface area contributed by atoms with Crippen molar-refractivity contribution in [2.24, 2.45) is 5.92 Å². The van der Waals surface area contributed by atoms with E-state index in [0.717, 1.165) is 55.5 Å². The number of anilines is 1. The van der Waals surface area contributed by atoms with Gasteiger partial charge in [-0.25, -0.2) is 13.1 Å². The Hall–Kier alpha value is -2.46. The molecular formula is C32H43ClN4O4S. The lowest BCUT2D eigenvalue weighted by atomic mass is 9.94. The zero-order valence-electron chi connectivity index (χ0n) is 24.9. The lowest BCUT2D eigenvalue weighted by molar-refractivity contribution is -0.133. The van der Waals surface area contributed by atoms with Crippen LogP contribution in [0.15, 0.2) is 47.4 Å². The van der Waals surface area contributed by atoms with Crippen molar-refractivity contribution in [1.29, 1.82) is 0 Å². The Balaban J connectivity index is 1.20. The SMILES string of the molecule is CC(=O)N1CCC(C(=O)N(CCCN2C3CCC2CC(NS(=O)(=O)c2ccc(C)cc2)C3)c2ccc(C)c(Cl)c2)CC1. The number of sulfonamides is 1. The van der Waals surface area contributed by atoms with Gasteiger partial charge in [0, 0.05) is 67.9 Å². The van der Waals surface area contributed by atoms with Gasteiger partial charge in [0.25, 0.3) is 0 Å². The monoisotopic (exact) mass is 614 g/mol. The Morgan fingerprint density at radius 1 is 0.976 bits per heavy atom. The average Bonchev–Trinajstić information content (AvgIpc) is 3.19. The van der Waals surface area contributed by atoms with Gasteiger partial charge >= 0.3 is 0 Å². The minimum atomic E-state index is -3.55. The highest BCUT2D eigenvalue weighted by molar-refractivity contribution is 7.89. The van der Waals surface area contributed by atoms with E-state index in [1.54, 1.807) is 19.1 Å². The predicted octanol–water partition coefficient (Wildman–Crippen LogP) is 4.91. The molecule has 3 aliphatic rings. The molecule has 228 valence electrons. The van der Waals surface area contributed by atoms with Crippen LogP contribution in [0, 0.1) is 19.8 Å². The van der Waals surface area contributed by atoms with Gasteiger partial charge in [0.15, 0.2) is 0 Å². The number of nitrogens with one attached hydrogen (secondary N) is 1. The van der Waals surface area contributed by atoms with E-state index in [-0.39, 0.29) is 23.8 Å². The van der Waals surface area contributed by atoms with E-state index in [1.165, 1.54) is 0 Å². The lowest BCUT2D eigenvalue weighted by Crippen LogP contribution is -2.51. The van der Waals surface area contributed by atoms with Crippen LogP contribution in [0.2, 0.25) is 5.02 Å². The highest BCUT2D eigenvalue weighted by atomic mass is 35.5. The average molecular weight is 615 g/mol. The summed E-state index contributed by atoms with van der Waals surface area (Å²) in [4.78, 5) is 32.2. The molecule has 3 aliphatic heterocycles. The molecule has 1 N–H and O–H groups in total. The first-order valence-corrected chi connectivity index (χ1v) is 17.1.